The number of aromatic amines is 1. The van der Waals surface area contributed by atoms with Gasteiger partial charge in [0.25, 0.3) is 0 Å². The highest BCUT2D eigenvalue weighted by atomic mass is 32.2. The average Bonchev–Trinajstić information content (AvgIpc) is 2.80. The molecule has 0 saturated carbocycles. The maximum atomic E-state index is 11.5. The van der Waals surface area contributed by atoms with Crippen molar-refractivity contribution in [3.05, 3.63) is 18.2 Å². The van der Waals surface area contributed by atoms with Crippen molar-refractivity contribution in [1.82, 2.24) is 14.7 Å². The lowest BCUT2D eigenvalue weighted by molar-refractivity contribution is -0.142. The molecule has 0 amide bonds. The van der Waals surface area contributed by atoms with Crippen molar-refractivity contribution in [3.8, 4) is 0 Å². The summed E-state index contributed by atoms with van der Waals surface area (Å²) in [7, 11) is -3.43. The fourth-order valence-electron chi connectivity index (χ4n) is 1.29. The maximum absolute atomic E-state index is 11.5. The highest BCUT2D eigenvalue weighted by Crippen LogP contribution is 1.95. The average molecular weight is 275 g/mol. The van der Waals surface area contributed by atoms with Crippen molar-refractivity contribution in [3.63, 3.8) is 0 Å². The largest absolute Gasteiger partial charge is 0.466 e. The third-order valence-corrected chi connectivity index (χ3v) is 3.54. The first-order chi connectivity index (χ1) is 8.53. The van der Waals surface area contributed by atoms with Gasteiger partial charge in [-0.05, 0) is 6.92 Å². The van der Waals surface area contributed by atoms with E-state index in [1.54, 1.807) is 13.1 Å². The number of nitrogens with one attached hydrogen (secondary N) is 2. The number of ether oxygens (including phenoxy) is 1. The minimum absolute atomic E-state index is 0.132. The minimum atomic E-state index is -3.43. The van der Waals surface area contributed by atoms with Crippen LogP contribution < -0.4 is 4.72 Å². The van der Waals surface area contributed by atoms with Crippen LogP contribution in [0.4, 0.5) is 0 Å². The number of esters is 1. The van der Waals surface area contributed by atoms with E-state index in [0.29, 0.717) is 6.42 Å². The number of hydrogen-bond donors (Lipinski definition) is 2. The summed E-state index contributed by atoms with van der Waals surface area (Å²) >= 11 is 0. The van der Waals surface area contributed by atoms with Gasteiger partial charge in [0.2, 0.25) is 10.0 Å². The smallest absolute Gasteiger partial charge is 0.306 e. The molecule has 1 aromatic rings. The Morgan fingerprint density at radius 3 is 2.94 bits per heavy atom. The Hall–Kier alpha value is -1.41. The summed E-state index contributed by atoms with van der Waals surface area (Å²) in [5.74, 6) is -0.758. The Morgan fingerprint density at radius 1 is 1.56 bits per heavy atom. The third-order valence-electron chi connectivity index (χ3n) is 2.15. The predicted octanol–water partition coefficient (Wildman–Crippen LogP) is -0.175. The Bertz CT molecular complexity index is 455. The van der Waals surface area contributed by atoms with Gasteiger partial charge in [-0.3, -0.25) is 4.79 Å². The van der Waals surface area contributed by atoms with E-state index in [1.807, 2.05) is 0 Å². The van der Waals surface area contributed by atoms with Crippen molar-refractivity contribution >= 4 is 16.0 Å². The van der Waals surface area contributed by atoms with Gasteiger partial charge in [-0.15, -0.1) is 0 Å². The highest BCUT2D eigenvalue weighted by Gasteiger charge is 2.13. The molecule has 0 aromatic carbocycles. The molecule has 1 aromatic heterocycles. The van der Waals surface area contributed by atoms with Crippen molar-refractivity contribution in [2.24, 2.45) is 0 Å². The predicted molar refractivity (Wildman–Crippen MR) is 65.3 cm³/mol. The normalized spacial score (nSPS) is 11.4. The second kappa shape index (κ2) is 7.12. The number of carbonyl (C=O) groups is 1. The number of carbonyl (C=O) groups excluding carboxylic acids is 1. The van der Waals surface area contributed by atoms with E-state index >= 15 is 0 Å². The molecule has 1 rings (SSSR count). The Balaban J connectivity index is 2.25. The zero-order valence-corrected chi connectivity index (χ0v) is 11.0. The molecule has 8 heteroatoms. The zero-order valence-electron chi connectivity index (χ0n) is 10.2. The van der Waals surface area contributed by atoms with E-state index in [2.05, 4.69) is 19.4 Å². The molecular weight excluding hydrogens is 258 g/mol. The number of sulfonamides is 1. The van der Waals surface area contributed by atoms with Crippen LogP contribution in [0.1, 0.15) is 19.0 Å². The Kier molecular flexibility index (Phi) is 5.79. The number of hydrogen-bond acceptors (Lipinski definition) is 5. The lowest BCUT2D eigenvalue weighted by Crippen LogP contribution is -2.29. The van der Waals surface area contributed by atoms with Crippen LogP contribution in [-0.4, -0.2) is 43.3 Å². The van der Waals surface area contributed by atoms with Crippen molar-refractivity contribution < 1.29 is 17.9 Å². The van der Waals surface area contributed by atoms with E-state index in [9.17, 15) is 13.2 Å². The highest BCUT2D eigenvalue weighted by molar-refractivity contribution is 7.89. The summed E-state index contributed by atoms with van der Waals surface area (Å²) < 4.78 is 30.1. The monoisotopic (exact) mass is 275 g/mol. The van der Waals surface area contributed by atoms with E-state index in [1.165, 1.54) is 6.33 Å². The van der Waals surface area contributed by atoms with Crippen LogP contribution in [0, 0.1) is 0 Å². The van der Waals surface area contributed by atoms with Crippen molar-refractivity contribution in [2.45, 2.75) is 19.8 Å². The lowest BCUT2D eigenvalue weighted by atomic mass is 10.3. The second-order valence-electron chi connectivity index (χ2n) is 3.60. The van der Waals surface area contributed by atoms with Gasteiger partial charge in [0.1, 0.15) is 0 Å². The fourth-order valence-corrected chi connectivity index (χ4v) is 2.28. The molecule has 0 aliphatic rings. The quantitative estimate of drug-likeness (QED) is 0.641. The SMILES string of the molecule is CCOC(=O)CCS(=O)(=O)NCCc1cnc[nH]1. The Labute approximate surface area is 106 Å². The summed E-state index contributed by atoms with van der Waals surface area (Å²) in [6.07, 6.45) is 3.56. The summed E-state index contributed by atoms with van der Waals surface area (Å²) in [6, 6.07) is 0. The number of nitrogens with zero attached hydrogens (tertiary/aromatic N) is 1. The molecule has 0 aliphatic heterocycles. The van der Waals surface area contributed by atoms with Crippen LogP contribution in [-0.2, 0) is 26.0 Å². The summed E-state index contributed by atoms with van der Waals surface area (Å²) in [5, 5.41) is 0. The van der Waals surface area contributed by atoms with Gasteiger partial charge in [0.15, 0.2) is 0 Å². The second-order valence-corrected chi connectivity index (χ2v) is 5.52. The molecule has 102 valence electrons. The van der Waals surface area contributed by atoms with Gasteiger partial charge >= 0.3 is 5.97 Å². The van der Waals surface area contributed by atoms with Gasteiger partial charge in [-0.25, -0.2) is 18.1 Å². The summed E-state index contributed by atoms with van der Waals surface area (Å²) in [4.78, 5) is 17.7. The van der Waals surface area contributed by atoms with Crippen molar-refractivity contribution in [1.29, 1.82) is 0 Å². The molecule has 0 radical (unpaired) electrons. The molecule has 0 unspecified atom stereocenters. The first-order valence-electron chi connectivity index (χ1n) is 5.63. The zero-order chi connectivity index (χ0) is 13.4. The third kappa shape index (κ3) is 5.78. The molecule has 1 heterocycles. The van der Waals surface area contributed by atoms with Crippen molar-refractivity contribution in [2.75, 3.05) is 18.9 Å². The van der Waals surface area contributed by atoms with Crippen LogP contribution >= 0.6 is 0 Å². The van der Waals surface area contributed by atoms with Crippen LogP contribution in [0.3, 0.4) is 0 Å². The molecule has 2 N–H and O–H groups in total. The molecule has 7 nitrogen and oxygen atoms in total. The molecule has 0 atom stereocenters. The van der Waals surface area contributed by atoms with Gasteiger partial charge < -0.3 is 9.72 Å². The first kappa shape index (κ1) is 14.7. The van der Waals surface area contributed by atoms with E-state index in [4.69, 9.17) is 0 Å². The number of aromatic nitrogens is 2. The molecule has 0 aliphatic carbocycles. The van der Waals surface area contributed by atoms with Crippen LogP contribution in [0.25, 0.3) is 0 Å². The molecule has 18 heavy (non-hydrogen) atoms. The van der Waals surface area contributed by atoms with Crippen LogP contribution in [0.5, 0.6) is 0 Å². The van der Waals surface area contributed by atoms with E-state index < -0.39 is 16.0 Å². The maximum Gasteiger partial charge on any atom is 0.306 e. The van der Waals surface area contributed by atoms with E-state index in [0.717, 1.165) is 5.69 Å². The molecular formula is C10H17N3O4S. The number of H-pyrrole nitrogens is 1. The minimum Gasteiger partial charge on any atom is -0.466 e. The van der Waals surface area contributed by atoms with Crippen LogP contribution in [0.2, 0.25) is 0 Å². The van der Waals surface area contributed by atoms with Gasteiger partial charge in [0.05, 0.1) is 25.1 Å². The fraction of sp³-hybridized carbons (Fsp3) is 0.600. The van der Waals surface area contributed by atoms with Gasteiger partial charge in [-0.1, -0.05) is 0 Å². The molecule has 0 spiro atoms. The summed E-state index contributed by atoms with van der Waals surface area (Å²) in [5.41, 5.74) is 0.850. The van der Waals surface area contributed by atoms with E-state index in [-0.39, 0.29) is 25.3 Å². The lowest BCUT2D eigenvalue weighted by Gasteiger charge is -2.05. The number of imidazole rings is 1. The standard InChI is InChI=1S/C10H17N3O4S/c1-2-17-10(14)4-6-18(15,16)13-5-3-9-7-11-8-12-9/h7-8,13H,2-6H2,1H3,(H,11,12). The van der Waals surface area contributed by atoms with Crippen LogP contribution in [0.15, 0.2) is 12.5 Å². The molecule has 0 saturated heterocycles. The topological polar surface area (TPSA) is 101 Å². The first-order valence-corrected chi connectivity index (χ1v) is 7.29. The Morgan fingerprint density at radius 2 is 2.33 bits per heavy atom. The van der Waals surface area contributed by atoms with Gasteiger partial charge in [-0.2, -0.15) is 0 Å². The van der Waals surface area contributed by atoms with Gasteiger partial charge in [0, 0.05) is 24.9 Å². The molecule has 0 fully saturated rings. The summed E-state index contributed by atoms with van der Waals surface area (Å²) in [6.45, 7) is 2.20. The number of rotatable bonds is 8. The molecule has 0 bridgehead atoms.